The minimum absolute atomic E-state index is 0.156. The third kappa shape index (κ3) is 21.7. The first-order chi connectivity index (χ1) is 14.2. The molecule has 0 spiro atoms. The summed E-state index contributed by atoms with van der Waals surface area (Å²) in [5, 5.41) is 12.0. The summed E-state index contributed by atoms with van der Waals surface area (Å²) in [4.78, 5) is 12.1. The average Bonchev–Trinajstić information content (AvgIpc) is 2.72. The summed E-state index contributed by atoms with van der Waals surface area (Å²) in [7, 11) is 0. The predicted octanol–water partition coefficient (Wildman–Crippen LogP) is 6.32. The second kappa shape index (κ2) is 23.4. The molecule has 0 aliphatic carbocycles. The Morgan fingerprint density at radius 1 is 0.759 bits per heavy atom. The topological polar surface area (TPSA) is 58.6 Å². The number of carbonyl (C=O) groups excluding carboxylic acids is 1. The van der Waals surface area contributed by atoms with E-state index in [9.17, 15) is 4.79 Å². The maximum Gasteiger partial charge on any atom is 0.330 e. The molecule has 0 heterocycles. The maximum absolute atomic E-state index is 12.1. The number of nitrogens with one attached hydrogen (secondary N) is 1. The van der Waals surface area contributed by atoms with Crippen molar-refractivity contribution in [3.63, 3.8) is 0 Å². The van der Waals surface area contributed by atoms with Gasteiger partial charge in [-0.25, -0.2) is 4.79 Å². The Labute approximate surface area is 180 Å². The molecule has 0 aromatic heterocycles. The zero-order valence-electron chi connectivity index (χ0n) is 19.5. The fraction of sp³-hybridized carbons (Fsp3) is 0.880. The van der Waals surface area contributed by atoms with Gasteiger partial charge >= 0.3 is 5.97 Å². The molecule has 4 heteroatoms. The third-order valence-corrected chi connectivity index (χ3v) is 5.28. The molecule has 0 bridgehead atoms. The number of aliphatic hydroxyl groups is 1. The van der Waals surface area contributed by atoms with E-state index in [0.717, 1.165) is 64.5 Å². The van der Waals surface area contributed by atoms with Crippen molar-refractivity contribution in [2.75, 3.05) is 26.3 Å². The molecule has 4 nitrogen and oxygen atoms in total. The third-order valence-electron chi connectivity index (χ3n) is 5.28. The van der Waals surface area contributed by atoms with E-state index in [1.165, 1.54) is 56.9 Å². The molecule has 0 aliphatic heterocycles. The molecule has 0 amide bonds. The van der Waals surface area contributed by atoms with Gasteiger partial charge in [0.05, 0.1) is 6.61 Å². The highest BCUT2D eigenvalue weighted by molar-refractivity contribution is 5.82. The van der Waals surface area contributed by atoms with Gasteiger partial charge in [-0.2, -0.15) is 0 Å². The van der Waals surface area contributed by atoms with Crippen molar-refractivity contribution in [2.24, 2.45) is 0 Å². The summed E-state index contributed by atoms with van der Waals surface area (Å²) in [6.07, 6.45) is 20.6. The van der Waals surface area contributed by atoms with Crippen molar-refractivity contribution in [2.45, 2.75) is 117 Å². The molecule has 172 valence electrons. The van der Waals surface area contributed by atoms with E-state index in [4.69, 9.17) is 9.84 Å². The highest BCUT2D eigenvalue weighted by Crippen LogP contribution is 2.17. The van der Waals surface area contributed by atoms with E-state index in [0.29, 0.717) is 6.61 Å². The summed E-state index contributed by atoms with van der Waals surface area (Å²) in [5.74, 6) is -0.156. The molecule has 29 heavy (non-hydrogen) atoms. The molecule has 0 aromatic rings. The number of esters is 1. The molecule has 0 radical (unpaired) electrons. The van der Waals surface area contributed by atoms with Crippen LogP contribution >= 0.6 is 0 Å². The first kappa shape index (κ1) is 28.1. The van der Waals surface area contributed by atoms with Gasteiger partial charge in [0, 0.05) is 12.7 Å². The van der Waals surface area contributed by atoms with Crippen molar-refractivity contribution in [3.05, 3.63) is 11.6 Å². The van der Waals surface area contributed by atoms with E-state index in [1.54, 1.807) is 6.08 Å². The number of hydrogen-bond donors (Lipinski definition) is 2. The van der Waals surface area contributed by atoms with Gasteiger partial charge in [-0.15, -0.1) is 0 Å². The fourth-order valence-electron chi connectivity index (χ4n) is 3.40. The number of ether oxygens (including phenoxy) is 1. The fourth-order valence-corrected chi connectivity index (χ4v) is 3.40. The molecular formula is C25H49NO3. The van der Waals surface area contributed by atoms with Crippen molar-refractivity contribution < 1.29 is 14.6 Å². The van der Waals surface area contributed by atoms with Crippen LogP contribution < -0.4 is 5.32 Å². The van der Waals surface area contributed by atoms with Gasteiger partial charge in [0.15, 0.2) is 0 Å². The minimum Gasteiger partial charge on any atom is -0.463 e. The SMILES string of the molecule is CCCCCCCCCCC(=CC(=O)OCCCCCNCCCO)CCCC. The van der Waals surface area contributed by atoms with Gasteiger partial charge in [-0.3, -0.25) is 0 Å². The first-order valence-corrected chi connectivity index (χ1v) is 12.4. The summed E-state index contributed by atoms with van der Waals surface area (Å²) in [6.45, 7) is 7.06. The van der Waals surface area contributed by atoms with E-state index in [2.05, 4.69) is 19.2 Å². The van der Waals surface area contributed by atoms with Crippen molar-refractivity contribution in [3.8, 4) is 0 Å². The molecular weight excluding hydrogens is 362 g/mol. The van der Waals surface area contributed by atoms with Crippen LogP contribution in [0.1, 0.15) is 117 Å². The second-order valence-corrected chi connectivity index (χ2v) is 8.19. The Kier molecular flexibility index (Phi) is 22.7. The summed E-state index contributed by atoms with van der Waals surface area (Å²) < 4.78 is 5.41. The van der Waals surface area contributed by atoms with Crippen molar-refractivity contribution in [1.29, 1.82) is 0 Å². The van der Waals surface area contributed by atoms with Crippen molar-refractivity contribution in [1.82, 2.24) is 5.32 Å². The summed E-state index contributed by atoms with van der Waals surface area (Å²) in [6, 6.07) is 0. The van der Waals surface area contributed by atoms with Gasteiger partial charge in [-0.1, -0.05) is 70.8 Å². The number of unbranched alkanes of at least 4 members (excludes halogenated alkanes) is 10. The first-order valence-electron chi connectivity index (χ1n) is 12.4. The van der Waals surface area contributed by atoms with Crippen LogP contribution in [0.5, 0.6) is 0 Å². The van der Waals surface area contributed by atoms with Crippen LogP contribution in [0.2, 0.25) is 0 Å². The van der Waals surface area contributed by atoms with Gasteiger partial charge < -0.3 is 15.2 Å². The zero-order valence-corrected chi connectivity index (χ0v) is 19.5. The monoisotopic (exact) mass is 411 g/mol. The molecule has 0 saturated heterocycles. The van der Waals surface area contributed by atoms with Crippen LogP contribution in [0.3, 0.4) is 0 Å². The number of carbonyl (C=O) groups is 1. The largest absolute Gasteiger partial charge is 0.463 e. The average molecular weight is 412 g/mol. The van der Waals surface area contributed by atoms with Crippen LogP contribution in [-0.2, 0) is 9.53 Å². The summed E-state index contributed by atoms with van der Waals surface area (Å²) >= 11 is 0. The number of allylic oxidation sites excluding steroid dienone is 1. The Morgan fingerprint density at radius 2 is 1.34 bits per heavy atom. The molecule has 0 rings (SSSR count). The molecule has 0 aliphatic rings. The predicted molar refractivity (Wildman–Crippen MR) is 124 cm³/mol. The van der Waals surface area contributed by atoms with Crippen LogP contribution in [0.15, 0.2) is 11.6 Å². The van der Waals surface area contributed by atoms with Crippen LogP contribution in [0.4, 0.5) is 0 Å². The maximum atomic E-state index is 12.1. The molecule has 0 saturated carbocycles. The Morgan fingerprint density at radius 3 is 2.03 bits per heavy atom. The lowest BCUT2D eigenvalue weighted by Gasteiger charge is -2.08. The van der Waals surface area contributed by atoms with E-state index in [1.807, 2.05) is 0 Å². The number of hydrogen-bond acceptors (Lipinski definition) is 4. The van der Waals surface area contributed by atoms with Gasteiger partial charge in [0.25, 0.3) is 0 Å². The molecule has 2 N–H and O–H groups in total. The zero-order chi connectivity index (χ0) is 21.4. The standard InChI is InChI=1S/C25H49NO3/c1-3-5-7-8-9-10-11-13-18-24(17-6-4-2)23-25(28)29-22-15-12-14-19-26-20-16-21-27/h23,26-27H,3-22H2,1-2H3. The van der Waals surface area contributed by atoms with Crippen LogP contribution in [-0.4, -0.2) is 37.4 Å². The van der Waals surface area contributed by atoms with Crippen LogP contribution in [0, 0.1) is 0 Å². The highest BCUT2D eigenvalue weighted by atomic mass is 16.5. The lowest BCUT2D eigenvalue weighted by atomic mass is 10.0. The molecule has 0 fully saturated rings. The summed E-state index contributed by atoms with van der Waals surface area (Å²) in [5.41, 5.74) is 1.27. The lowest BCUT2D eigenvalue weighted by Crippen LogP contribution is -2.17. The number of aliphatic hydroxyl groups excluding tert-OH is 1. The van der Waals surface area contributed by atoms with Crippen LogP contribution in [0.25, 0.3) is 0 Å². The van der Waals surface area contributed by atoms with Gasteiger partial charge in [0.2, 0.25) is 0 Å². The number of rotatable bonds is 22. The second-order valence-electron chi connectivity index (χ2n) is 8.19. The molecule has 0 aromatic carbocycles. The molecule has 0 unspecified atom stereocenters. The molecule has 0 atom stereocenters. The van der Waals surface area contributed by atoms with E-state index >= 15 is 0 Å². The quantitative estimate of drug-likeness (QED) is 0.124. The smallest absolute Gasteiger partial charge is 0.330 e. The van der Waals surface area contributed by atoms with E-state index < -0.39 is 0 Å². The van der Waals surface area contributed by atoms with Crippen molar-refractivity contribution >= 4 is 5.97 Å². The minimum atomic E-state index is -0.156. The highest BCUT2D eigenvalue weighted by Gasteiger charge is 2.04. The Balaban J connectivity index is 3.86. The lowest BCUT2D eigenvalue weighted by molar-refractivity contribution is -0.137. The Hall–Kier alpha value is -0.870. The normalized spacial score (nSPS) is 11.8. The van der Waals surface area contributed by atoms with E-state index in [-0.39, 0.29) is 12.6 Å². The Bertz CT molecular complexity index is 382. The van der Waals surface area contributed by atoms with Gasteiger partial charge in [-0.05, 0) is 64.5 Å². The van der Waals surface area contributed by atoms with Gasteiger partial charge in [0.1, 0.15) is 0 Å².